The first-order chi connectivity index (χ1) is 8.93. The van der Waals surface area contributed by atoms with Crippen molar-refractivity contribution in [3.8, 4) is 0 Å². The van der Waals surface area contributed by atoms with Crippen LogP contribution >= 0.6 is 0 Å². The predicted molar refractivity (Wildman–Crippen MR) is 78.2 cm³/mol. The Morgan fingerprint density at radius 1 is 0.789 bits per heavy atom. The van der Waals surface area contributed by atoms with Crippen LogP contribution < -0.4 is 17.3 Å². The van der Waals surface area contributed by atoms with Gasteiger partial charge in [0.1, 0.15) is 6.54 Å². The molecule has 0 atom stereocenters. The average molecular weight is 292 g/mol. The lowest BCUT2D eigenvalue weighted by Gasteiger charge is -2.11. The van der Waals surface area contributed by atoms with Gasteiger partial charge in [-0.3, -0.25) is 0 Å². The fourth-order valence-corrected chi connectivity index (χ4v) is 2.78. The zero-order chi connectivity index (χ0) is 12.9. The third kappa shape index (κ3) is 11.7. The van der Waals surface area contributed by atoms with E-state index in [0.29, 0.717) is 0 Å². The molecule has 0 aliphatic carbocycles. The van der Waals surface area contributed by atoms with E-state index in [4.69, 9.17) is 4.74 Å². The predicted octanol–water partition coefficient (Wildman–Crippen LogP) is -0.174. The maximum absolute atomic E-state index is 5.72. The van der Waals surface area contributed by atoms with Crippen molar-refractivity contribution in [2.45, 2.75) is 71.1 Å². The SMILES string of the molecule is CCCCCCCCCCOCC[NH+]1CCCC1.[Cl-]. The largest absolute Gasteiger partial charge is 1.00 e. The number of nitrogens with one attached hydrogen (secondary N) is 1. The molecule has 116 valence electrons. The molecular weight excluding hydrogens is 258 g/mol. The molecule has 0 bridgehead atoms. The molecule has 0 saturated carbocycles. The monoisotopic (exact) mass is 291 g/mol. The Labute approximate surface area is 126 Å². The normalized spacial score (nSPS) is 15.6. The van der Waals surface area contributed by atoms with Gasteiger partial charge in [0, 0.05) is 19.4 Å². The zero-order valence-electron chi connectivity index (χ0n) is 12.9. The van der Waals surface area contributed by atoms with Crippen molar-refractivity contribution in [2.75, 3.05) is 32.8 Å². The molecule has 0 aromatic heterocycles. The van der Waals surface area contributed by atoms with E-state index < -0.39 is 0 Å². The molecule has 0 aromatic carbocycles. The third-order valence-electron chi connectivity index (χ3n) is 4.05. The summed E-state index contributed by atoms with van der Waals surface area (Å²) in [4.78, 5) is 1.76. The van der Waals surface area contributed by atoms with E-state index in [9.17, 15) is 0 Å². The Bertz CT molecular complexity index is 172. The topological polar surface area (TPSA) is 13.7 Å². The molecule has 0 unspecified atom stereocenters. The van der Waals surface area contributed by atoms with E-state index in [1.165, 1.54) is 83.8 Å². The van der Waals surface area contributed by atoms with Gasteiger partial charge in [-0.1, -0.05) is 51.9 Å². The van der Waals surface area contributed by atoms with Gasteiger partial charge in [-0.15, -0.1) is 0 Å². The summed E-state index contributed by atoms with van der Waals surface area (Å²) in [6, 6.07) is 0. The van der Waals surface area contributed by atoms with Gasteiger partial charge in [0.15, 0.2) is 0 Å². The minimum atomic E-state index is 0. The van der Waals surface area contributed by atoms with E-state index in [1.54, 1.807) is 4.90 Å². The maximum Gasteiger partial charge on any atom is 0.101 e. The number of unbranched alkanes of at least 4 members (excludes halogenated alkanes) is 7. The highest BCUT2D eigenvalue weighted by atomic mass is 35.5. The summed E-state index contributed by atoms with van der Waals surface area (Å²) in [5.41, 5.74) is 0. The number of hydrogen-bond donors (Lipinski definition) is 1. The molecule has 0 amide bonds. The summed E-state index contributed by atoms with van der Waals surface area (Å²) in [7, 11) is 0. The highest BCUT2D eigenvalue weighted by Crippen LogP contribution is 2.08. The molecule has 1 fully saturated rings. The average Bonchev–Trinajstić information content (AvgIpc) is 2.89. The molecular formula is C16H34ClNO. The second-order valence-corrected chi connectivity index (χ2v) is 5.79. The molecule has 0 aromatic rings. The van der Waals surface area contributed by atoms with Crippen molar-refractivity contribution in [1.82, 2.24) is 0 Å². The van der Waals surface area contributed by atoms with Crippen molar-refractivity contribution in [3.05, 3.63) is 0 Å². The van der Waals surface area contributed by atoms with Crippen LogP contribution in [0.15, 0.2) is 0 Å². The number of likely N-dealkylation sites (tertiary alicyclic amines) is 1. The summed E-state index contributed by atoms with van der Waals surface area (Å²) in [5.74, 6) is 0. The van der Waals surface area contributed by atoms with Crippen LogP contribution in [0.3, 0.4) is 0 Å². The van der Waals surface area contributed by atoms with Gasteiger partial charge in [-0.05, 0) is 6.42 Å². The molecule has 1 aliphatic heterocycles. The lowest BCUT2D eigenvalue weighted by Crippen LogP contribution is -3.10. The van der Waals surface area contributed by atoms with Crippen LogP contribution in [0.25, 0.3) is 0 Å². The summed E-state index contributed by atoms with van der Waals surface area (Å²) in [5, 5.41) is 0. The Morgan fingerprint density at radius 2 is 1.37 bits per heavy atom. The van der Waals surface area contributed by atoms with Crippen LogP contribution in [-0.4, -0.2) is 32.8 Å². The van der Waals surface area contributed by atoms with Gasteiger partial charge in [-0.25, -0.2) is 0 Å². The van der Waals surface area contributed by atoms with Gasteiger partial charge in [-0.2, -0.15) is 0 Å². The number of rotatable bonds is 12. The quantitative estimate of drug-likeness (QED) is 0.493. The number of ether oxygens (including phenoxy) is 1. The van der Waals surface area contributed by atoms with Crippen molar-refractivity contribution < 1.29 is 22.0 Å². The Balaban J connectivity index is 0.00000324. The van der Waals surface area contributed by atoms with E-state index in [1.807, 2.05) is 0 Å². The van der Waals surface area contributed by atoms with Crippen LogP contribution in [-0.2, 0) is 4.74 Å². The van der Waals surface area contributed by atoms with Crippen molar-refractivity contribution in [2.24, 2.45) is 0 Å². The van der Waals surface area contributed by atoms with Crippen LogP contribution in [0.4, 0.5) is 0 Å². The molecule has 2 nitrogen and oxygen atoms in total. The molecule has 1 aliphatic rings. The van der Waals surface area contributed by atoms with Crippen LogP contribution in [0.2, 0.25) is 0 Å². The van der Waals surface area contributed by atoms with Crippen molar-refractivity contribution in [3.63, 3.8) is 0 Å². The number of halogens is 1. The number of hydrogen-bond acceptors (Lipinski definition) is 1. The van der Waals surface area contributed by atoms with E-state index >= 15 is 0 Å². The molecule has 1 heterocycles. The van der Waals surface area contributed by atoms with Crippen molar-refractivity contribution in [1.29, 1.82) is 0 Å². The maximum atomic E-state index is 5.72. The minimum absolute atomic E-state index is 0. The smallest absolute Gasteiger partial charge is 0.101 e. The first kappa shape index (κ1) is 19.2. The highest BCUT2D eigenvalue weighted by molar-refractivity contribution is 4.47. The molecule has 1 saturated heterocycles. The van der Waals surface area contributed by atoms with Gasteiger partial charge >= 0.3 is 0 Å². The Kier molecular flexibility index (Phi) is 14.8. The molecule has 3 heteroatoms. The summed E-state index contributed by atoms with van der Waals surface area (Å²) >= 11 is 0. The lowest BCUT2D eigenvalue weighted by molar-refractivity contribution is -0.887. The van der Waals surface area contributed by atoms with E-state index in [-0.39, 0.29) is 12.4 Å². The van der Waals surface area contributed by atoms with Crippen LogP contribution in [0.1, 0.15) is 71.1 Å². The van der Waals surface area contributed by atoms with Gasteiger partial charge in [0.2, 0.25) is 0 Å². The van der Waals surface area contributed by atoms with Crippen LogP contribution in [0.5, 0.6) is 0 Å². The summed E-state index contributed by atoms with van der Waals surface area (Å²) < 4.78 is 5.72. The van der Waals surface area contributed by atoms with Gasteiger partial charge in [0.05, 0.1) is 19.7 Å². The zero-order valence-corrected chi connectivity index (χ0v) is 13.6. The Hall–Kier alpha value is 0.210. The van der Waals surface area contributed by atoms with Crippen molar-refractivity contribution >= 4 is 0 Å². The number of quaternary nitrogens is 1. The molecule has 0 spiro atoms. The second-order valence-electron chi connectivity index (χ2n) is 5.79. The molecule has 19 heavy (non-hydrogen) atoms. The molecule has 1 rings (SSSR count). The van der Waals surface area contributed by atoms with E-state index in [2.05, 4.69) is 6.92 Å². The highest BCUT2D eigenvalue weighted by Gasteiger charge is 2.13. The Morgan fingerprint density at radius 3 is 2.00 bits per heavy atom. The van der Waals surface area contributed by atoms with Gasteiger partial charge < -0.3 is 22.0 Å². The van der Waals surface area contributed by atoms with E-state index in [0.717, 1.165) is 13.2 Å². The first-order valence-corrected chi connectivity index (χ1v) is 8.35. The molecule has 1 N–H and O–H groups in total. The fourth-order valence-electron chi connectivity index (χ4n) is 2.78. The molecule has 0 radical (unpaired) electrons. The minimum Gasteiger partial charge on any atom is -1.00 e. The lowest BCUT2D eigenvalue weighted by atomic mass is 10.1. The standard InChI is InChI=1S/C16H33NO.ClH/c1-2-3-4-5-6-7-8-11-15-18-16-14-17-12-9-10-13-17;/h2-16H2,1H3;1H. The second kappa shape index (κ2) is 14.6. The summed E-state index contributed by atoms with van der Waals surface area (Å²) in [6.45, 7) is 8.23. The fraction of sp³-hybridized carbons (Fsp3) is 1.00. The van der Waals surface area contributed by atoms with Gasteiger partial charge in [0.25, 0.3) is 0 Å². The summed E-state index contributed by atoms with van der Waals surface area (Å²) in [6.07, 6.45) is 14.0. The van der Waals surface area contributed by atoms with Crippen LogP contribution in [0, 0.1) is 0 Å². The first-order valence-electron chi connectivity index (χ1n) is 8.35. The third-order valence-corrected chi connectivity index (χ3v) is 4.05.